The molecule has 0 fully saturated rings. The molecule has 0 bridgehead atoms. The van der Waals surface area contributed by atoms with Gasteiger partial charge in [0.15, 0.2) is 5.69 Å². The SMILES string of the molecule is CC[C@@H](C(=O)Nc1ccc(C)c(C)c1)n1nnc(C(=O)OC)c1C(=O)OC. The van der Waals surface area contributed by atoms with Crippen LogP contribution in [-0.2, 0) is 14.3 Å². The Kier molecular flexibility index (Phi) is 6.27. The number of methoxy groups -OCH3 is 2. The van der Waals surface area contributed by atoms with Crippen molar-refractivity contribution in [2.24, 2.45) is 0 Å². The molecular formula is C18H22N4O5. The number of anilines is 1. The molecule has 2 aromatic rings. The minimum absolute atomic E-state index is 0.230. The van der Waals surface area contributed by atoms with Gasteiger partial charge in [0.2, 0.25) is 11.6 Å². The third-order valence-electron chi connectivity index (χ3n) is 4.21. The fraction of sp³-hybridized carbons (Fsp3) is 0.389. The standard InChI is InChI=1S/C18H22N4O5/c1-6-13(16(23)19-12-8-7-10(2)11(3)9-12)22-15(18(25)27-5)14(20-21-22)17(24)26-4/h7-9,13H,6H2,1-5H3,(H,19,23)/t13-/m0/s1. The number of esters is 2. The lowest BCUT2D eigenvalue weighted by molar-refractivity contribution is -0.119. The van der Waals surface area contributed by atoms with Crippen LogP contribution < -0.4 is 5.32 Å². The Morgan fingerprint density at radius 1 is 1.11 bits per heavy atom. The molecule has 0 radical (unpaired) electrons. The largest absolute Gasteiger partial charge is 0.464 e. The van der Waals surface area contributed by atoms with Crippen LogP contribution >= 0.6 is 0 Å². The number of ether oxygens (including phenoxy) is 2. The molecule has 2 rings (SSSR count). The van der Waals surface area contributed by atoms with E-state index in [9.17, 15) is 14.4 Å². The average Bonchev–Trinajstić information content (AvgIpc) is 3.08. The second-order valence-electron chi connectivity index (χ2n) is 5.93. The van der Waals surface area contributed by atoms with Gasteiger partial charge in [0.1, 0.15) is 6.04 Å². The molecule has 0 unspecified atom stereocenters. The van der Waals surface area contributed by atoms with Crippen LogP contribution in [0, 0.1) is 13.8 Å². The van der Waals surface area contributed by atoms with Crippen LogP contribution in [0.5, 0.6) is 0 Å². The van der Waals surface area contributed by atoms with Crippen molar-refractivity contribution in [3.05, 3.63) is 40.7 Å². The molecule has 0 aliphatic carbocycles. The van der Waals surface area contributed by atoms with Crippen molar-refractivity contribution in [3.63, 3.8) is 0 Å². The number of benzene rings is 1. The highest BCUT2D eigenvalue weighted by molar-refractivity contribution is 6.01. The van der Waals surface area contributed by atoms with E-state index in [4.69, 9.17) is 4.74 Å². The van der Waals surface area contributed by atoms with Gasteiger partial charge < -0.3 is 14.8 Å². The molecule has 0 aliphatic heterocycles. The molecular weight excluding hydrogens is 352 g/mol. The first-order valence-corrected chi connectivity index (χ1v) is 8.33. The molecule has 27 heavy (non-hydrogen) atoms. The van der Waals surface area contributed by atoms with Crippen molar-refractivity contribution in [3.8, 4) is 0 Å². The van der Waals surface area contributed by atoms with Gasteiger partial charge in [-0.25, -0.2) is 14.3 Å². The molecule has 1 amide bonds. The van der Waals surface area contributed by atoms with E-state index in [2.05, 4.69) is 20.4 Å². The molecule has 1 aromatic heterocycles. The molecule has 9 nitrogen and oxygen atoms in total. The van der Waals surface area contributed by atoms with E-state index in [-0.39, 0.29) is 11.4 Å². The minimum atomic E-state index is -0.869. The Bertz CT molecular complexity index is 875. The number of hydrogen-bond acceptors (Lipinski definition) is 7. The lowest BCUT2D eigenvalue weighted by atomic mass is 10.1. The van der Waals surface area contributed by atoms with Gasteiger partial charge in [-0.3, -0.25) is 4.79 Å². The summed E-state index contributed by atoms with van der Waals surface area (Å²) >= 11 is 0. The summed E-state index contributed by atoms with van der Waals surface area (Å²) in [6.07, 6.45) is 0.310. The van der Waals surface area contributed by atoms with Crippen LogP contribution in [0.15, 0.2) is 18.2 Å². The first kappa shape index (κ1) is 20.1. The second-order valence-corrected chi connectivity index (χ2v) is 5.93. The maximum absolute atomic E-state index is 12.8. The highest BCUT2D eigenvalue weighted by atomic mass is 16.5. The zero-order valence-electron chi connectivity index (χ0n) is 15.9. The third-order valence-corrected chi connectivity index (χ3v) is 4.21. The molecule has 0 saturated carbocycles. The molecule has 1 heterocycles. The number of rotatable bonds is 6. The number of aryl methyl sites for hydroxylation is 2. The summed E-state index contributed by atoms with van der Waals surface area (Å²) in [4.78, 5) is 36.8. The van der Waals surface area contributed by atoms with E-state index in [0.29, 0.717) is 12.1 Å². The number of nitrogens with one attached hydrogen (secondary N) is 1. The number of hydrogen-bond donors (Lipinski definition) is 1. The fourth-order valence-corrected chi connectivity index (χ4v) is 2.55. The number of aromatic nitrogens is 3. The number of carbonyl (C=O) groups is 3. The maximum Gasteiger partial charge on any atom is 0.361 e. The summed E-state index contributed by atoms with van der Waals surface area (Å²) in [5.41, 5.74) is 2.22. The smallest absolute Gasteiger partial charge is 0.361 e. The average molecular weight is 374 g/mol. The zero-order valence-corrected chi connectivity index (χ0v) is 15.9. The van der Waals surface area contributed by atoms with Crippen LogP contribution in [0.25, 0.3) is 0 Å². The van der Waals surface area contributed by atoms with E-state index < -0.39 is 23.9 Å². The van der Waals surface area contributed by atoms with Gasteiger partial charge in [-0.1, -0.05) is 18.2 Å². The lowest BCUT2D eigenvalue weighted by Gasteiger charge is -2.17. The van der Waals surface area contributed by atoms with Crippen LogP contribution in [0.1, 0.15) is 51.5 Å². The highest BCUT2D eigenvalue weighted by Gasteiger charge is 2.32. The first-order chi connectivity index (χ1) is 12.8. The van der Waals surface area contributed by atoms with Gasteiger partial charge in [0.25, 0.3) is 0 Å². The summed E-state index contributed by atoms with van der Waals surface area (Å²) in [7, 11) is 2.32. The van der Waals surface area contributed by atoms with Gasteiger partial charge in [0.05, 0.1) is 14.2 Å². The molecule has 0 saturated heterocycles. The van der Waals surface area contributed by atoms with Crippen molar-refractivity contribution >= 4 is 23.5 Å². The van der Waals surface area contributed by atoms with Crippen molar-refractivity contribution < 1.29 is 23.9 Å². The van der Waals surface area contributed by atoms with Crippen molar-refractivity contribution in [2.45, 2.75) is 33.2 Å². The predicted molar refractivity (Wildman–Crippen MR) is 96.6 cm³/mol. The van der Waals surface area contributed by atoms with Crippen LogP contribution in [0.3, 0.4) is 0 Å². The normalized spacial score (nSPS) is 11.6. The Labute approximate surface area is 156 Å². The molecule has 9 heteroatoms. The minimum Gasteiger partial charge on any atom is -0.464 e. The summed E-state index contributed by atoms with van der Waals surface area (Å²) in [6, 6.07) is 4.67. The highest BCUT2D eigenvalue weighted by Crippen LogP contribution is 2.21. The summed E-state index contributed by atoms with van der Waals surface area (Å²) in [6.45, 7) is 5.67. The van der Waals surface area contributed by atoms with Crippen LogP contribution in [0.4, 0.5) is 5.69 Å². The molecule has 144 valence electrons. The quantitative estimate of drug-likeness (QED) is 0.770. The van der Waals surface area contributed by atoms with Gasteiger partial charge in [-0.05, 0) is 43.5 Å². The summed E-state index contributed by atoms with van der Waals surface area (Å²) < 4.78 is 10.4. The van der Waals surface area contributed by atoms with Crippen molar-refractivity contribution in [2.75, 3.05) is 19.5 Å². The van der Waals surface area contributed by atoms with Crippen LogP contribution in [-0.4, -0.2) is 47.1 Å². The summed E-state index contributed by atoms with van der Waals surface area (Å²) in [5.74, 6) is -2.07. The lowest BCUT2D eigenvalue weighted by Crippen LogP contribution is -2.29. The molecule has 1 aromatic carbocycles. The Morgan fingerprint density at radius 2 is 1.78 bits per heavy atom. The van der Waals surface area contributed by atoms with Gasteiger partial charge in [-0.2, -0.15) is 0 Å². The van der Waals surface area contributed by atoms with Crippen molar-refractivity contribution in [1.29, 1.82) is 0 Å². The zero-order chi connectivity index (χ0) is 20.1. The molecule has 1 atom stereocenters. The maximum atomic E-state index is 12.8. The van der Waals surface area contributed by atoms with Crippen LogP contribution in [0.2, 0.25) is 0 Å². The first-order valence-electron chi connectivity index (χ1n) is 8.33. The Hall–Kier alpha value is -3.23. The molecule has 0 spiro atoms. The van der Waals surface area contributed by atoms with Gasteiger partial charge in [-0.15, -0.1) is 5.10 Å². The molecule has 0 aliphatic rings. The predicted octanol–water partition coefficient (Wildman–Crippen LogP) is 2.06. The van der Waals surface area contributed by atoms with E-state index in [0.717, 1.165) is 30.0 Å². The van der Waals surface area contributed by atoms with Crippen molar-refractivity contribution in [1.82, 2.24) is 15.0 Å². The van der Waals surface area contributed by atoms with E-state index in [1.54, 1.807) is 13.0 Å². The summed E-state index contributed by atoms with van der Waals surface area (Å²) in [5, 5.41) is 10.3. The number of carbonyl (C=O) groups excluding carboxylic acids is 3. The monoisotopic (exact) mass is 374 g/mol. The van der Waals surface area contributed by atoms with Gasteiger partial charge in [0, 0.05) is 5.69 Å². The third kappa shape index (κ3) is 4.13. The number of nitrogens with zero attached hydrogens (tertiary/aromatic N) is 3. The Morgan fingerprint density at radius 3 is 2.33 bits per heavy atom. The number of amides is 1. The fourth-order valence-electron chi connectivity index (χ4n) is 2.55. The van der Waals surface area contributed by atoms with E-state index in [1.807, 2.05) is 26.0 Å². The molecule has 1 N–H and O–H groups in total. The van der Waals surface area contributed by atoms with E-state index in [1.165, 1.54) is 0 Å². The Balaban J connectivity index is 2.39. The second kappa shape index (κ2) is 8.43. The van der Waals surface area contributed by atoms with E-state index >= 15 is 0 Å². The topological polar surface area (TPSA) is 112 Å². The van der Waals surface area contributed by atoms with Gasteiger partial charge >= 0.3 is 11.9 Å².